The zero-order chi connectivity index (χ0) is 24.2. The lowest BCUT2D eigenvalue weighted by molar-refractivity contribution is -0.122. The van der Waals surface area contributed by atoms with Crippen LogP contribution < -0.4 is 15.6 Å². The van der Waals surface area contributed by atoms with Crippen molar-refractivity contribution < 1.29 is 19.1 Å². The molecule has 174 valence electrons. The van der Waals surface area contributed by atoms with Crippen LogP contribution in [-0.4, -0.2) is 34.4 Å². The quantitative estimate of drug-likeness (QED) is 0.372. The predicted octanol–water partition coefficient (Wildman–Crippen LogP) is 4.68. The van der Waals surface area contributed by atoms with Gasteiger partial charge in [-0.25, -0.2) is 4.79 Å². The molecule has 2 aromatic carbocycles. The SMILES string of the molecule is CCOC(=O)c1nn(-c2ccc(Cl)cc2)c(=O)c2c(NC(=O)C(C)Oc3ccccc3)scc12. The first-order valence-electron chi connectivity index (χ1n) is 10.4. The highest BCUT2D eigenvalue weighted by atomic mass is 35.5. The van der Waals surface area contributed by atoms with E-state index in [0.717, 1.165) is 16.0 Å². The number of amides is 1. The fraction of sp³-hybridized carbons (Fsp3) is 0.167. The zero-order valence-corrected chi connectivity index (χ0v) is 19.9. The molecule has 0 fully saturated rings. The van der Waals surface area contributed by atoms with Gasteiger partial charge in [0.25, 0.3) is 11.5 Å². The molecule has 1 atom stereocenters. The van der Waals surface area contributed by atoms with Crippen molar-refractivity contribution in [3.63, 3.8) is 0 Å². The van der Waals surface area contributed by atoms with Crippen LogP contribution in [0.4, 0.5) is 5.00 Å². The molecule has 0 aliphatic rings. The minimum Gasteiger partial charge on any atom is -0.481 e. The minimum atomic E-state index is -0.829. The predicted molar refractivity (Wildman–Crippen MR) is 131 cm³/mol. The summed E-state index contributed by atoms with van der Waals surface area (Å²) in [5, 5.41) is 9.82. The number of rotatable bonds is 7. The number of thiophene rings is 1. The fourth-order valence-electron chi connectivity index (χ4n) is 3.22. The molecule has 0 spiro atoms. The highest BCUT2D eigenvalue weighted by Gasteiger charge is 2.24. The molecule has 0 aliphatic heterocycles. The summed E-state index contributed by atoms with van der Waals surface area (Å²) in [5.41, 5.74) is -0.124. The van der Waals surface area contributed by atoms with E-state index in [4.69, 9.17) is 21.1 Å². The second-order valence-corrected chi connectivity index (χ2v) is 8.49. The van der Waals surface area contributed by atoms with Gasteiger partial charge in [0, 0.05) is 15.8 Å². The van der Waals surface area contributed by atoms with E-state index in [9.17, 15) is 14.4 Å². The van der Waals surface area contributed by atoms with E-state index >= 15 is 0 Å². The Morgan fingerprint density at radius 2 is 1.85 bits per heavy atom. The maximum absolute atomic E-state index is 13.4. The summed E-state index contributed by atoms with van der Waals surface area (Å²) in [6.07, 6.45) is -0.829. The highest BCUT2D eigenvalue weighted by Crippen LogP contribution is 2.31. The van der Waals surface area contributed by atoms with Crippen LogP contribution in [-0.2, 0) is 9.53 Å². The van der Waals surface area contributed by atoms with Gasteiger partial charge in [-0.2, -0.15) is 9.78 Å². The largest absolute Gasteiger partial charge is 0.481 e. The van der Waals surface area contributed by atoms with Gasteiger partial charge in [-0.1, -0.05) is 29.8 Å². The molecule has 2 heterocycles. The number of esters is 1. The van der Waals surface area contributed by atoms with E-state index < -0.39 is 23.5 Å². The lowest BCUT2D eigenvalue weighted by atomic mass is 10.2. The smallest absolute Gasteiger partial charge is 0.359 e. The third kappa shape index (κ3) is 4.80. The number of ether oxygens (including phenoxy) is 2. The number of para-hydroxylation sites is 1. The van der Waals surface area contributed by atoms with Crippen molar-refractivity contribution in [1.82, 2.24) is 9.78 Å². The van der Waals surface area contributed by atoms with Gasteiger partial charge < -0.3 is 14.8 Å². The van der Waals surface area contributed by atoms with Gasteiger partial charge >= 0.3 is 5.97 Å². The number of benzene rings is 2. The van der Waals surface area contributed by atoms with Crippen LogP contribution in [0, 0.1) is 0 Å². The summed E-state index contributed by atoms with van der Waals surface area (Å²) < 4.78 is 11.9. The summed E-state index contributed by atoms with van der Waals surface area (Å²) in [4.78, 5) is 38.9. The van der Waals surface area contributed by atoms with Gasteiger partial charge in [0.15, 0.2) is 11.8 Å². The molecule has 1 N–H and O–H groups in total. The van der Waals surface area contributed by atoms with Crippen LogP contribution >= 0.6 is 22.9 Å². The number of fused-ring (bicyclic) bond motifs is 1. The summed E-state index contributed by atoms with van der Waals surface area (Å²) in [6.45, 7) is 3.43. The lowest BCUT2D eigenvalue weighted by Gasteiger charge is -2.14. The Kier molecular flexibility index (Phi) is 6.95. The number of halogens is 1. The fourth-order valence-corrected chi connectivity index (χ4v) is 4.29. The van der Waals surface area contributed by atoms with Crippen molar-refractivity contribution >= 4 is 50.6 Å². The Bertz CT molecular complexity index is 1400. The van der Waals surface area contributed by atoms with Crippen molar-refractivity contribution in [2.24, 2.45) is 0 Å². The molecule has 34 heavy (non-hydrogen) atoms. The summed E-state index contributed by atoms with van der Waals surface area (Å²) in [5.74, 6) is -0.578. The van der Waals surface area contributed by atoms with Gasteiger partial charge in [0.05, 0.1) is 17.7 Å². The molecule has 0 radical (unpaired) electrons. The van der Waals surface area contributed by atoms with Gasteiger partial charge in [-0.3, -0.25) is 9.59 Å². The number of carbonyl (C=O) groups is 2. The van der Waals surface area contributed by atoms with Crippen molar-refractivity contribution in [2.45, 2.75) is 20.0 Å². The number of aromatic nitrogens is 2. The molecule has 1 amide bonds. The maximum atomic E-state index is 13.4. The second kappa shape index (κ2) is 10.1. The second-order valence-electron chi connectivity index (χ2n) is 7.18. The standard InChI is InChI=1S/C24H20ClN3O5S/c1-3-32-24(31)20-18-13-34-22(26-21(29)14(2)33-17-7-5-4-6-8-17)19(18)23(30)28(27-20)16-11-9-15(25)10-12-16/h4-14H,3H2,1-2H3,(H,26,29). The molecule has 0 bridgehead atoms. The summed E-state index contributed by atoms with van der Waals surface area (Å²) in [6, 6.07) is 15.4. The number of anilines is 1. The monoisotopic (exact) mass is 497 g/mol. The van der Waals surface area contributed by atoms with Crippen LogP contribution in [0.1, 0.15) is 24.3 Å². The molecule has 0 aliphatic carbocycles. The highest BCUT2D eigenvalue weighted by molar-refractivity contribution is 7.16. The Morgan fingerprint density at radius 1 is 1.15 bits per heavy atom. The maximum Gasteiger partial charge on any atom is 0.359 e. The zero-order valence-electron chi connectivity index (χ0n) is 18.3. The first-order chi connectivity index (χ1) is 16.4. The van der Waals surface area contributed by atoms with Gasteiger partial charge in [0.2, 0.25) is 0 Å². The normalized spacial score (nSPS) is 11.7. The third-order valence-corrected chi connectivity index (χ3v) is 6.00. The Hall–Kier alpha value is -3.69. The number of hydrogen-bond donors (Lipinski definition) is 1. The van der Waals surface area contributed by atoms with Crippen molar-refractivity contribution in [1.29, 1.82) is 0 Å². The number of nitrogens with one attached hydrogen (secondary N) is 1. The molecule has 8 nitrogen and oxygen atoms in total. The van der Waals surface area contributed by atoms with E-state index in [1.54, 1.807) is 67.8 Å². The molecular formula is C24H20ClN3O5S. The molecule has 4 rings (SSSR count). The molecular weight excluding hydrogens is 478 g/mol. The average Bonchev–Trinajstić information content (AvgIpc) is 3.25. The van der Waals surface area contributed by atoms with Crippen LogP contribution in [0.15, 0.2) is 64.8 Å². The Labute approximate surface area is 203 Å². The Balaban J connectivity index is 1.76. The molecule has 0 saturated carbocycles. The molecule has 2 aromatic heterocycles. The Morgan fingerprint density at radius 3 is 2.53 bits per heavy atom. The third-order valence-electron chi connectivity index (χ3n) is 4.85. The van der Waals surface area contributed by atoms with Crippen molar-refractivity contribution in [3.8, 4) is 11.4 Å². The van der Waals surface area contributed by atoms with E-state index in [1.165, 1.54) is 0 Å². The molecule has 0 saturated heterocycles. The van der Waals surface area contributed by atoms with E-state index in [0.29, 0.717) is 21.8 Å². The first kappa shape index (κ1) is 23.5. The molecule has 10 heteroatoms. The van der Waals surface area contributed by atoms with Gasteiger partial charge in [-0.15, -0.1) is 11.3 Å². The van der Waals surface area contributed by atoms with Crippen LogP contribution in [0.3, 0.4) is 0 Å². The van der Waals surface area contributed by atoms with Crippen LogP contribution in [0.2, 0.25) is 5.02 Å². The van der Waals surface area contributed by atoms with E-state index in [2.05, 4.69) is 10.4 Å². The van der Waals surface area contributed by atoms with Gasteiger partial charge in [-0.05, 0) is 50.2 Å². The lowest BCUT2D eigenvalue weighted by Crippen LogP contribution is -2.31. The number of carbonyl (C=O) groups excluding carboxylic acids is 2. The van der Waals surface area contributed by atoms with E-state index in [1.807, 2.05) is 6.07 Å². The van der Waals surface area contributed by atoms with Crippen LogP contribution in [0.5, 0.6) is 5.75 Å². The topological polar surface area (TPSA) is 99.5 Å². The minimum absolute atomic E-state index is 0.0308. The van der Waals surface area contributed by atoms with Crippen LogP contribution in [0.25, 0.3) is 16.5 Å². The molecule has 1 unspecified atom stereocenters. The number of hydrogen-bond acceptors (Lipinski definition) is 7. The van der Waals surface area contributed by atoms with E-state index in [-0.39, 0.29) is 22.7 Å². The molecule has 4 aromatic rings. The summed E-state index contributed by atoms with van der Waals surface area (Å²) in [7, 11) is 0. The van der Waals surface area contributed by atoms with Crippen molar-refractivity contribution in [2.75, 3.05) is 11.9 Å². The average molecular weight is 498 g/mol. The first-order valence-corrected chi connectivity index (χ1v) is 11.6. The van der Waals surface area contributed by atoms with Gasteiger partial charge in [0.1, 0.15) is 10.8 Å². The number of nitrogens with zero attached hydrogens (tertiary/aromatic N) is 2. The van der Waals surface area contributed by atoms with Crippen molar-refractivity contribution in [3.05, 3.63) is 81.0 Å². The summed E-state index contributed by atoms with van der Waals surface area (Å²) >= 11 is 7.09.